The Morgan fingerprint density at radius 1 is 1.10 bits per heavy atom. The fourth-order valence-electron chi connectivity index (χ4n) is 2.09. The Morgan fingerprint density at radius 2 is 1.75 bits per heavy atom. The summed E-state index contributed by atoms with van der Waals surface area (Å²) in [7, 11) is 0. The van der Waals surface area contributed by atoms with Crippen LogP contribution in [0.25, 0.3) is 0 Å². The second-order valence-electron chi connectivity index (χ2n) is 4.29. The molecule has 0 amide bonds. The predicted molar refractivity (Wildman–Crippen MR) is 78.3 cm³/mol. The average Bonchev–Trinajstić information content (AvgIpc) is 2.40. The molecule has 0 aromatic heterocycles. The summed E-state index contributed by atoms with van der Waals surface area (Å²) in [5, 5.41) is 3.91. The lowest BCUT2D eigenvalue weighted by molar-refractivity contribution is 0.510. The van der Waals surface area contributed by atoms with Gasteiger partial charge < -0.3 is 5.32 Å². The number of rotatable bonds is 4. The van der Waals surface area contributed by atoms with Crippen LogP contribution < -0.4 is 5.32 Å². The molecule has 0 heterocycles. The predicted octanol–water partition coefficient (Wildman–Crippen LogP) is 4.97. The van der Waals surface area contributed by atoms with Crippen molar-refractivity contribution < 1.29 is 8.78 Å². The summed E-state index contributed by atoms with van der Waals surface area (Å²) in [5.41, 5.74) is 0.489. The highest BCUT2D eigenvalue weighted by Gasteiger charge is 2.23. The van der Waals surface area contributed by atoms with Crippen LogP contribution in [0.5, 0.6) is 0 Å². The van der Waals surface area contributed by atoms with Gasteiger partial charge in [-0.1, -0.05) is 36.2 Å². The highest BCUT2D eigenvalue weighted by atomic mass is 35.5. The third-order valence-corrected chi connectivity index (χ3v) is 3.54. The van der Waals surface area contributed by atoms with Gasteiger partial charge in [-0.15, -0.1) is 0 Å². The highest BCUT2D eigenvalue weighted by Crippen LogP contribution is 2.33. The van der Waals surface area contributed by atoms with Crippen molar-refractivity contribution in [3.05, 3.63) is 69.2 Å². The van der Waals surface area contributed by atoms with Crippen molar-refractivity contribution in [2.75, 3.05) is 6.54 Å². The van der Waals surface area contributed by atoms with Crippen LogP contribution in [0.4, 0.5) is 8.78 Å². The van der Waals surface area contributed by atoms with E-state index in [4.69, 9.17) is 23.2 Å². The van der Waals surface area contributed by atoms with Gasteiger partial charge in [0.05, 0.1) is 6.04 Å². The lowest BCUT2D eigenvalue weighted by Gasteiger charge is -2.21. The number of halogens is 4. The maximum atomic E-state index is 14.0. The Morgan fingerprint density at radius 3 is 2.35 bits per heavy atom. The summed E-state index contributed by atoms with van der Waals surface area (Å²) in [6.45, 7) is 2.38. The van der Waals surface area contributed by atoms with E-state index in [1.807, 2.05) is 6.92 Å². The first kappa shape index (κ1) is 15.2. The van der Waals surface area contributed by atoms with Gasteiger partial charge in [-0.05, 0) is 42.4 Å². The van der Waals surface area contributed by atoms with Crippen LogP contribution in [0, 0.1) is 11.6 Å². The van der Waals surface area contributed by atoms with Crippen LogP contribution in [0.3, 0.4) is 0 Å². The minimum Gasteiger partial charge on any atom is -0.306 e. The molecule has 0 aliphatic carbocycles. The zero-order valence-electron chi connectivity index (χ0n) is 10.8. The second-order valence-corrected chi connectivity index (χ2v) is 5.14. The van der Waals surface area contributed by atoms with Gasteiger partial charge in [0.15, 0.2) is 0 Å². The standard InChI is InChI=1S/C15H13Cl2F2N/c1-2-20-15(10-8-9(16)6-7-11(10)17)14-12(18)4-3-5-13(14)19/h3-8,15,20H,2H2,1H3. The summed E-state index contributed by atoms with van der Waals surface area (Å²) in [4.78, 5) is 0. The molecule has 0 aliphatic heterocycles. The molecule has 106 valence electrons. The SMILES string of the molecule is CCNC(c1cc(Cl)ccc1Cl)c1c(F)cccc1F. The third-order valence-electron chi connectivity index (χ3n) is 2.97. The van der Waals surface area contributed by atoms with E-state index in [2.05, 4.69) is 5.32 Å². The molecule has 2 rings (SSSR count). The van der Waals surface area contributed by atoms with Crippen LogP contribution in [0.2, 0.25) is 10.0 Å². The van der Waals surface area contributed by atoms with E-state index in [0.717, 1.165) is 0 Å². The quantitative estimate of drug-likeness (QED) is 0.840. The van der Waals surface area contributed by atoms with Crippen LogP contribution in [0.15, 0.2) is 36.4 Å². The molecule has 1 unspecified atom stereocenters. The summed E-state index contributed by atoms with van der Waals surface area (Å²) in [6, 6.07) is 7.95. The second kappa shape index (κ2) is 6.53. The lowest BCUT2D eigenvalue weighted by Crippen LogP contribution is -2.24. The molecule has 1 nitrogen and oxygen atoms in total. The first-order chi connectivity index (χ1) is 9.54. The van der Waals surface area contributed by atoms with Crippen molar-refractivity contribution >= 4 is 23.2 Å². The van der Waals surface area contributed by atoms with Gasteiger partial charge in [0.25, 0.3) is 0 Å². The number of hydrogen-bond donors (Lipinski definition) is 1. The molecule has 0 fully saturated rings. The summed E-state index contributed by atoms with van der Waals surface area (Å²) < 4.78 is 28.0. The minimum atomic E-state index is -0.688. The molecule has 1 atom stereocenters. The third kappa shape index (κ3) is 3.11. The molecule has 0 bridgehead atoms. The average molecular weight is 316 g/mol. The lowest BCUT2D eigenvalue weighted by atomic mass is 9.97. The monoisotopic (exact) mass is 315 g/mol. The zero-order valence-corrected chi connectivity index (χ0v) is 12.3. The fourth-order valence-corrected chi connectivity index (χ4v) is 2.50. The highest BCUT2D eigenvalue weighted by molar-refractivity contribution is 6.33. The first-order valence-corrected chi connectivity index (χ1v) is 6.92. The zero-order chi connectivity index (χ0) is 14.7. The Hall–Kier alpha value is -1.16. The summed E-state index contributed by atoms with van der Waals surface area (Å²) in [6.07, 6.45) is 0. The largest absolute Gasteiger partial charge is 0.306 e. The molecule has 1 N–H and O–H groups in total. The van der Waals surface area contributed by atoms with Crippen LogP contribution in [-0.4, -0.2) is 6.54 Å². The van der Waals surface area contributed by atoms with Gasteiger partial charge in [0.2, 0.25) is 0 Å². The van der Waals surface area contributed by atoms with Crippen molar-refractivity contribution in [2.24, 2.45) is 0 Å². The van der Waals surface area contributed by atoms with Crippen molar-refractivity contribution in [2.45, 2.75) is 13.0 Å². The summed E-state index contributed by atoms with van der Waals surface area (Å²) in [5.74, 6) is -1.24. The Bertz CT molecular complexity index is 597. The molecule has 0 aliphatic rings. The number of nitrogens with one attached hydrogen (secondary N) is 1. The minimum absolute atomic E-state index is 0.0569. The van der Waals surface area contributed by atoms with E-state index >= 15 is 0 Å². The first-order valence-electron chi connectivity index (χ1n) is 6.16. The van der Waals surface area contributed by atoms with Crippen molar-refractivity contribution in [1.82, 2.24) is 5.32 Å². The molecular formula is C15H13Cl2F2N. The molecule has 0 radical (unpaired) electrons. The Balaban J connectivity index is 2.59. The maximum Gasteiger partial charge on any atom is 0.131 e. The van der Waals surface area contributed by atoms with Crippen molar-refractivity contribution in [3.63, 3.8) is 0 Å². The molecule has 0 saturated carbocycles. The van der Waals surface area contributed by atoms with Crippen LogP contribution >= 0.6 is 23.2 Å². The van der Waals surface area contributed by atoms with E-state index in [1.54, 1.807) is 18.2 Å². The molecule has 2 aromatic carbocycles. The maximum absolute atomic E-state index is 14.0. The molecule has 0 saturated heterocycles. The Kier molecular flexibility index (Phi) is 4.97. The van der Waals surface area contributed by atoms with Crippen LogP contribution in [0.1, 0.15) is 24.1 Å². The molecule has 20 heavy (non-hydrogen) atoms. The van der Waals surface area contributed by atoms with Crippen LogP contribution in [-0.2, 0) is 0 Å². The molecule has 2 aromatic rings. The molecular weight excluding hydrogens is 303 g/mol. The van der Waals surface area contributed by atoms with E-state index in [9.17, 15) is 8.78 Å². The van der Waals surface area contributed by atoms with Gasteiger partial charge in [-0.3, -0.25) is 0 Å². The van der Waals surface area contributed by atoms with E-state index in [1.165, 1.54) is 18.2 Å². The molecule has 0 spiro atoms. The fraction of sp³-hybridized carbons (Fsp3) is 0.200. The Labute approximate surface area is 126 Å². The van der Waals surface area contributed by atoms with Gasteiger partial charge in [-0.25, -0.2) is 8.78 Å². The van der Waals surface area contributed by atoms with Gasteiger partial charge in [0.1, 0.15) is 11.6 Å². The summed E-state index contributed by atoms with van der Waals surface area (Å²) >= 11 is 12.1. The van der Waals surface area contributed by atoms with Gasteiger partial charge >= 0.3 is 0 Å². The topological polar surface area (TPSA) is 12.0 Å². The molecule has 5 heteroatoms. The van der Waals surface area contributed by atoms with Crippen molar-refractivity contribution in [3.8, 4) is 0 Å². The van der Waals surface area contributed by atoms with E-state index < -0.39 is 17.7 Å². The number of benzene rings is 2. The normalized spacial score (nSPS) is 12.4. The van der Waals surface area contributed by atoms with Crippen molar-refractivity contribution in [1.29, 1.82) is 0 Å². The van der Waals surface area contributed by atoms with Gasteiger partial charge in [-0.2, -0.15) is 0 Å². The number of hydrogen-bond acceptors (Lipinski definition) is 1. The smallest absolute Gasteiger partial charge is 0.131 e. The van der Waals surface area contributed by atoms with Gasteiger partial charge in [0, 0.05) is 15.6 Å². The van der Waals surface area contributed by atoms with E-state index in [0.29, 0.717) is 22.2 Å². The van der Waals surface area contributed by atoms with E-state index in [-0.39, 0.29) is 5.56 Å².